The van der Waals surface area contributed by atoms with Crippen LogP contribution in [0.5, 0.6) is 0 Å². The standard InChI is InChI=1S/C13H21N5O3/c1-3-14-13-15-9(2)11(18(20)21)12(16-13)17-6-4-10(8-17)5-7-19/h10,19H,3-8H2,1-2H3,(H,14,15,16). The Morgan fingerprint density at radius 2 is 2.29 bits per heavy atom. The second kappa shape index (κ2) is 6.66. The molecule has 2 N–H and O–H groups in total. The van der Waals surface area contributed by atoms with Crippen molar-refractivity contribution in [1.29, 1.82) is 0 Å². The SMILES string of the molecule is CCNc1nc(C)c([N+](=O)[O-])c(N2CCC(CCO)C2)n1. The van der Waals surface area contributed by atoms with Crippen molar-refractivity contribution in [3.05, 3.63) is 15.8 Å². The van der Waals surface area contributed by atoms with Gasteiger partial charge in [0.2, 0.25) is 11.8 Å². The van der Waals surface area contributed by atoms with E-state index in [1.807, 2.05) is 11.8 Å². The van der Waals surface area contributed by atoms with Crippen LogP contribution in [0.4, 0.5) is 17.5 Å². The van der Waals surface area contributed by atoms with Crippen molar-refractivity contribution >= 4 is 17.5 Å². The van der Waals surface area contributed by atoms with E-state index in [-0.39, 0.29) is 12.3 Å². The minimum atomic E-state index is -0.417. The van der Waals surface area contributed by atoms with Crippen molar-refractivity contribution in [1.82, 2.24) is 9.97 Å². The summed E-state index contributed by atoms with van der Waals surface area (Å²) in [6, 6.07) is 0. The zero-order valence-electron chi connectivity index (χ0n) is 12.4. The number of nitrogens with one attached hydrogen (secondary N) is 1. The van der Waals surface area contributed by atoms with E-state index in [4.69, 9.17) is 5.11 Å². The highest BCUT2D eigenvalue weighted by atomic mass is 16.6. The van der Waals surface area contributed by atoms with Gasteiger partial charge in [-0.3, -0.25) is 10.1 Å². The number of aliphatic hydroxyl groups excluding tert-OH is 1. The van der Waals surface area contributed by atoms with Gasteiger partial charge in [0.1, 0.15) is 5.69 Å². The molecule has 1 atom stereocenters. The lowest BCUT2D eigenvalue weighted by molar-refractivity contribution is -0.385. The zero-order valence-corrected chi connectivity index (χ0v) is 12.4. The Kier molecular flexibility index (Phi) is 4.89. The molecule has 1 fully saturated rings. The molecule has 1 unspecified atom stereocenters. The monoisotopic (exact) mass is 295 g/mol. The van der Waals surface area contributed by atoms with Crippen LogP contribution in [-0.2, 0) is 0 Å². The van der Waals surface area contributed by atoms with Crippen molar-refractivity contribution in [2.45, 2.75) is 26.7 Å². The van der Waals surface area contributed by atoms with Crippen molar-refractivity contribution < 1.29 is 10.0 Å². The fourth-order valence-electron chi connectivity index (χ4n) is 2.67. The predicted molar refractivity (Wildman–Crippen MR) is 79.6 cm³/mol. The fraction of sp³-hybridized carbons (Fsp3) is 0.692. The molecule has 0 bridgehead atoms. The largest absolute Gasteiger partial charge is 0.396 e. The molecule has 1 aliphatic rings. The number of aliphatic hydroxyl groups is 1. The first kappa shape index (κ1) is 15.4. The summed E-state index contributed by atoms with van der Waals surface area (Å²) in [7, 11) is 0. The Morgan fingerprint density at radius 3 is 2.90 bits per heavy atom. The second-order valence-corrected chi connectivity index (χ2v) is 5.21. The van der Waals surface area contributed by atoms with Crippen LogP contribution in [0.25, 0.3) is 0 Å². The van der Waals surface area contributed by atoms with Crippen molar-refractivity contribution in [3.8, 4) is 0 Å². The van der Waals surface area contributed by atoms with Crippen LogP contribution in [-0.4, -0.2) is 46.2 Å². The third kappa shape index (κ3) is 3.38. The molecule has 0 aliphatic carbocycles. The van der Waals surface area contributed by atoms with E-state index in [2.05, 4.69) is 15.3 Å². The van der Waals surface area contributed by atoms with Gasteiger partial charge in [-0.1, -0.05) is 0 Å². The summed E-state index contributed by atoms with van der Waals surface area (Å²) >= 11 is 0. The van der Waals surface area contributed by atoms with Gasteiger partial charge in [0.05, 0.1) is 4.92 Å². The molecule has 1 aromatic rings. The van der Waals surface area contributed by atoms with Gasteiger partial charge in [0, 0.05) is 26.2 Å². The molecule has 0 radical (unpaired) electrons. The van der Waals surface area contributed by atoms with Crippen molar-refractivity contribution in [2.75, 3.05) is 36.5 Å². The minimum Gasteiger partial charge on any atom is -0.396 e. The average Bonchev–Trinajstić information content (AvgIpc) is 2.87. The Balaban J connectivity index is 2.34. The number of nitro groups is 1. The van der Waals surface area contributed by atoms with Gasteiger partial charge < -0.3 is 15.3 Å². The molecule has 0 spiro atoms. The summed E-state index contributed by atoms with van der Waals surface area (Å²) in [4.78, 5) is 21.3. The highest BCUT2D eigenvalue weighted by molar-refractivity contribution is 5.63. The summed E-state index contributed by atoms with van der Waals surface area (Å²) in [5.41, 5.74) is 0.341. The Labute approximate surface area is 123 Å². The number of nitrogens with zero attached hydrogens (tertiary/aromatic N) is 4. The van der Waals surface area contributed by atoms with E-state index in [9.17, 15) is 10.1 Å². The number of aromatic nitrogens is 2. The highest BCUT2D eigenvalue weighted by Gasteiger charge is 2.31. The van der Waals surface area contributed by atoms with Crippen molar-refractivity contribution in [2.24, 2.45) is 5.92 Å². The molecule has 1 saturated heterocycles. The molecule has 8 heteroatoms. The van der Waals surface area contributed by atoms with Crippen LogP contribution in [0.2, 0.25) is 0 Å². The zero-order chi connectivity index (χ0) is 15.4. The third-order valence-electron chi connectivity index (χ3n) is 3.68. The number of anilines is 2. The topological polar surface area (TPSA) is 104 Å². The molecule has 116 valence electrons. The molecule has 0 amide bonds. The molecule has 2 rings (SSSR count). The molecule has 2 heterocycles. The van der Waals surface area contributed by atoms with E-state index in [0.717, 1.165) is 6.42 Å². The van der Waals surface area contributed by atoms with Crippen LogP contribution >= 0.6 is 0 Å². The van der Waals surface area contributed by atoms with E-state index in [1.165, 1.54) is 0 Å². The van der Waals surface area contributed by atoms with Crippen LogP contribution in [0.15, 0.2) is 0 Å². The maximum atomic E-state index is 11.3. The smallest absolute Gasteiger partial charge is 0.332 e. The summed E-state index contributed by atoms with van der Waals surface area (Å²) in [5, 5.41) is 23.3. The lowest BCUT2D eigenvalue weighted by Gasteiger charge is -2.18. The number of hydrogen-bond acceptors (Lipinski definition) is 7. The predicted octanol–water partition coefficient (Wildman–Crippen LogP) is 1.33. The van der Waals surface area contributed by atoms with Crippen LogP contribution in [0, 0.1) is 23.0 Å². The minimum absolute atomic E-state index is 0.0266. The molecule has 21 heavy (non-hydrogen) atoms. The second-order valence-electron chi connectivity index (χ2n) is 5.21. The first-order valence-electron chi connectivity index (χ1n) is 7.19. The van der Waals surface area contributed by atoms with Gasteiger partial charge >= 0.3 is 5.69 Å². The van der Waals surface area contributed by atoms with E-state index in [0.29, 0.717) is 49.4 Å². The quantitative estimate of drug-likeness (QED) is 0.602. The van der Waals surface area contributed by atoms with E-state index in [1.54, 1.807) is 6.92 Å². The summed E-state index contributed by atoms with van der Waals surface area (Å²) in [5.74, 6) is 1.15. The van der Waals surface area contributed by atoms with E-state index >= 15 is 0 Å². The number of rotatable bonds is 6. The maximum absolute atomic E-state index is 11.3. The first-order chi connectivity index (χ1) is 10.1. The van der Waals surface area contributed by atoms with Gasteiger partial charge in [0.25, 0.3) is 0 Å². The molecule has 0 aromatic carbocycles. The summed E-state index contributed by atoms with van der Waals surface area (Å²) in [6.07, 6.45) is 1.63. The molecular weight excluding hydrogens is 274 g/mol. The average molecular weight is 295 g/mol. The Morgan fingerprint density at radius 1 is 1.52 bits per heavy atom. The molecule has 1 aliphatic heterocycles. The molecule has 8 nitrogen and oxygen atoms in total. The normalized spacial score (nSPS) is 18.0. The Hall–Kier alpha value is -1.96. The Bertz CT molecular complexity index is 523. The summed E-state index contributed by atoms with van der Waals surface area (Å²) in [6.45, 7) is 5.76. The molecular formula is C13H21N5O3. The van der Waals surface area contributed by atoms with Crippen LogP contribution in [0.3, 0.4) is 0 Å². The third-order valence-corrected chi connectivity index (χ3v) is 3.68. The number of hydrogen-bond donors (Lipinski definition) is 2. The highest BCUT2D eigenvalue weighted by Crippen LogP contribution is 2.33. The van der Waals surface area contributed by atoms with Gasteiger partial charge in [-0.25, -0.2) is 4.98 Å². The van der Waals surface area contributed by atoms with Gasteiger partial charge in [-0.2, -0.15) is 4.98 Å². The fourth-order valence-corrected chi connectivity index (χ4v) is 2.67. The molecule has 0 saturated carbocycles. The molecule has 1 aromatic heterocycles. The lowest BCUT2D eigenvalue weighted by Crippen LogP contribution is -2.23. The lowest BCUT2D eigenvalue weighted by atomic mass is 10.1. The maximum Gasteiger partial charge on any atom is 0.332 e. The van der Waals surface area contributed by atoms with Crippen molar-refractivity contribution in [3.63, 3.8) is 0 Å². The van der Waals surface area contributed by atoms with Gasteiger partial charge in [-0.15, -0.1) is 0 Å². The number of aryl methyl sites for hydroxylation is 1. The van der Waals surface area contributed by atoms with Crippen LogP contribution in [0.1, 0.15) is 25.5 Å². The van der Waals surface area contributed by atoms with Gasteiger partial charge in [-0.05, 0) is 32.6 Å². The summed E-state index contributed by atoms with van der Waals surface area (Å²) < 4.78 is 0. The first-order valence-corrected chi connectivity index (χ1v) is 7.19. The van der Waals surface area contributed by atoms with Crippen LogP contribution < -0.4 is 10.2 Å². The van der Waals surface area contributed by atoms with E-state index < -0.39 is 4.92 Å². The van der Waals surface area contributed by atoms with Gasteiger partial charge in [0.15, 0.2) is 0 Å².